The van der Waals surface area contributed by atoms with Crippen LogP contribution >= 0.6 is 0 Å². The lowest BCUT2D eigenvalue weighted by Crippen LogP contribution is -2.22. The molecule has 0 aliphatic heterocycles. The van der Waals surface area contributed by atoms with E-state index in [0.29, 0.717) is 34.8 Å². The Morgan fingerprint density at radius 3 is 2.32 bits per heavy atom. The van der Waals surface area contributed by atoms with E-state index >= 15 is 0 Å². The van der Waals surface area contributed by atoms with Gasteiger partial charge >= 0.3 is 0 Å². The van der Waals surface area contributed by atoms with E-state index in [9.17, 15) is 9.59 Å². The Bertz CT molecular complexity index is 1300. The highest BCUT2D eigenvalue weighted by molar-refractivity contribution is 6.14. The first-order chi connectivity index (χ1) is 16.6. The van der Waals surface area contributed by atoms with Gasteiger partial charge in [-0.2, -0.15) is 0 Å². The molecule has 0 saturated heterocycles. The second-order valence-corrected chi connectivity index (χ2v) is 7.23. The van der Waals surface area contributed by atoms with Crippen molar-refractivity contribution in [2.45, 2.75) is 6.92 Å². The Kier molecular flexibility index (Phi) is 6.98. The molecule has 0 spiro atoms. The summed E-state index contributed by atoms with van der Waals surface area (Å²) in [6.45, 7) is 2.22. The molecule has 0 aliphatic carbocycles. The number of amides is 2. The van der Waals surface area contributed by atoms with Crippen molar-refractivity contribution in [3.05, 3.63) is 78.6 Å². The summed E-state index contributed by atoms with van der Waals surface area (Å²) in [5, 5.41) is 6.14. The van der Waals surface area contributed by atoms with Crippen molar-refractivity contribution in [3.8, 4) is 17.2 Å². The number of para-hydroxylation sites is 1. The molecule has 174 valence electrons. The lowest BCUT2D eigenvalue weighted by atomic mass is 10.2. The molecule has 2 N–H and O–H groups in total. The van der Waals surface area contributed by atoms with Crippen molar-refractivity contribution in [2.75, 3.05) is 31.0 Å². The van der Waals surface area contributed by atoms with E-state index in [1.54, 1.807) is 79.9 Å². The monoisotopic (exact) mass is 460 g/mol. The van der Waals surface area contributed by atoms with E-state index in [4.69, 9.17) is 18.6 Å². The van der Waals surface area contributed by atoms with Gasteiger partial charge in [0.25, 0.3) is 11.8 Å². The quantitative estimate of drug-likeness (QED) is 0.360. The second-order valence-electron chi connectivity index (χ2n) is 7.23. The third-order valence-electron chi connectivity index (χ3n) is 4.90. The molecular weight excluding hydrogens is 436 g/mol. The predicted octanol–water partition coefficient (Wildman–Crippen LogP) is 5.11. The van der Waals surface area contributed by atoms with E-state index in [-0.39, 0.29) is 18.1 Å². The first-order valence-electron chi connectivity index (χ1n) is 10.7. The van der Waals surface area contributed by atoms with Crippen LogP contribution in [0.3, 0.4) is 0 Å². The minimum absolute atomic E-state index is 0.0153. The topological polar surface area (TPSA) is 99.0 Å². The van der Waals surface area contributed by atoms with Gasteiger partial charge < -0.3 is 29.3 Å². The molecule has 0 bridgehead atoms. The second kappa shape index (κ2) is 10.4. The summed E-state index contributed by atoms with van der Waals surface area (Å²) in [7, 11) is 1.54. The number of benzene rings is 3. The van der Waals surface area contributed by atoms with Crippen LogP contribution in [0.1, 0.15) is 17.5 Å². The Labute approximate surface area is 196 Å². The predicted molar refractivity (Wildman–Crippen MR) is 129 cm³/mol. The molecular formula is C26H24N2O6. The number of hydrogen-bond acceptors (Lipinski definition) is 6. The van der Waals surface area contributed by atoms with Gasteiger partial charge in [-0.25, -0.2) is 0 Å². The number of methoxy groups -OCH3 is 1. The third kappa shape index (κ3) is 5.29. The summed E-state index contributed by atoms with van der Waals surface area (Å²) in [5.41, 5.74) is 1.28. The first-order valence-corrected chi connectivity index (χ1v) is 10.7. The molecule has 0 fully saturated rings. The molecule has 0 saturated carbocycles. The van der Waals surface area contributed by atoms with Gasteiger partial charge in [-0.15, -0.1) is 0 Å². The zero-order valence-electron chi connectivity index (χ0n) is 18.8. The lowest BCUT2D eigenvalue weighted by Gasteiger charge is -2.10. The maximum absolute atomic E-state index is 13.0. The standard InChI is InChI=1S/C26H24N2O6/c1-3-32-18-11-13-19(14-12-18)33-16-23(29)28-24-21-9-4-5-10-22(21)34-25(24)26(30)27-17-7-6-8-20(15-17)31-2/h4-15H,3,16H2,1-2H3,(H,27,30)(H,28,29). The van der Waals surface area contributed by atoms with Gasteiger partial charge in [0.1, 0.15) is 28.5 Å². The summed E-state index contributed by atoms with van der Waals surface area (Å²) >= 11 is 0. The highest BCUT2D eigenvalue weighted by Crippen LogP contribution is 2.32. The van der Waals surface area contributed by atoms with Crippen molar-refractivity contribution >= 4 is 34.2 Å². The maximum Gasteiger partial charge on any atom is 0.293 e. The number of anilines is 2. The molecule has 2 amide bonds. The van der Waals surface area contributed by atoms with Crippen molar-refractivity contribution in [2.24, 2.45) is 0 Å². The molecule has 0 radical (unpaired) electrons. The van der Waals surface area contributed by atoms with Crippen LogP contribution in [0.15, 0.2) is 77.2 Å². The fraction of sp³-hybridized carbons (Fsp3) is 0.154. The molecule has 0 aliphatic rings. The molecule has 34 heavy (non-hydrogen) atoms. The highest BCUT2D eigenvalue weighted by atomic mass is 16.5. The average molecular weight is 460 g/mol. The summed E-state index contributed by atoms with van der Waals surface area (Å²) in [6.07, 6.45) is 0. The number of nitrogens with one attached hydrogen (secondary N) is 2. The first kappa shape index (κ1) is 22.7. The molecule has 3 aromatic carbocycles. The Morgan fingerprint density at radius 1 is 0.853 bits per heavy atom. The number of ether oxygens (including phenoxy) is 3. The zero-order valence-corrected chi connectivity index (χ0v) is 18.8. The minimum atomic E-state index is -0.507. The van der Waals surface area contributed by atoms with Crippen molar-refractivity contribution in [1.82, 2.24) is 0 Å². The SMILES string of the molecule is CCOc1ccc(OCC(=O)Nc2c(C(=O)Nc3cccc(OC)c3)oc3ccccc23)cc1. The number of carbonyl (C=O) groups is 2. The maximum atomic E-state index is 13.0. The molecule has 4 rings (SSSR count). The van der Waals surface area contributed by atoms with Crippen molar-refractivity contribution in [1.29, 1.82) is 0 Å². The smallest absolute Gasteiger partial charge is 0.293 e. The molecule has 4 aromatic rings. The lowest BCUT2D eigenvalue weighted by molar-refractivity contribution is -0.118. The summed E-state index contributed by atoms with van der Waals surface area (Å²) in [5.74, 6) is 0.881. The molecule has 1 heterocycles. The normalized spacial score (nSPS) is 10.5. The average Bonchev–Trinajstić information content (AvgIpc) is 3.22. The van der Waals surface area contributed by atoms with E-state index in [1.807, 2.05) is 6.92 Å². The fourth-order valence-electron chi connectivity index (χ4n) is 3.34. The van der Waals surface area contributed by atoms with E-state index in [0.717, 1.165) is 5.75 Å². The minimum Gasteiger partial charge on any atom is -0.497 e. The number of rotatable bonds is 9. The summed E-state index contributed by atoms with van der Waals surface area (Å²) < 4.78 is 21.9. The molecule has 0 atom stereocenters. The molecule has 0 unspecified atom stereocenters. The zero-order chi connectivity index (χ0) is 23.9. The van der Waals surface area contributed by atoms with Gasteiger partial charge in [0, 0.05) is 17.1 Å². The van der Waals surface area contributed by atoms with E-state index < -0.39 is 11.8 Å². The fourth-order valence-corrected chi connectivity index (χ4v) is 3.34. The molecule has 8 heteroatoms. The van der Waals surface area contributed by atoms with Crippen LogP contribution < -0.4 is 24.8 Å². The van der Waals surface area contributed by atoms with E-state index in [2.05, 4.69) is 10.6 Å². The van der Waals surface area contributed by atoms with Crippen LogP contribution in [0.2, 0.25) is 0 Å². The van der Waals surface area contributed by atoms with Gasteiger partial charge in [-0.3, -0.25) is 9.59 Å². The van der Waals surface area contributed by atoms with Crippen LogP contribution in [0.5, 0.6) is 17.2 Å². The van der Waals surface area contributed by atoms with Crippen LogP contribution in [-0.4, -0.2) is 32.1 Å². The largest absolute Gasteiger partial charge is 0.497 e. The van der Waals surface area contributed by atoms with Gasteiger partial charge in [0.2, 0.25) is 5.76 Å². The number of furan rings is 1. The Morgan fingerprint density at radius 2 is 1.59 bits per heavy atom. The summed E-state index contributed by atoms with van der Waals surface area (Å²) in [4.78, 5) is 25.7. The van der Waals surface area contributed by atoms with Crippen molar-refractivity contribution < 1.29 is 28.2 Å². The molecule has 8 nitrogen and oxygen atoms in total. The number of carbonyl (C=O) groups excluding carboxylic acids is 2. The van der Waals surface area contributed by atoms with Gasteiger partial charge in [-0.1, -0.05) is 18.2 Å². The number of hydrogen-bond donors (Lipinski definition) is 2. The van der Waals surface area contributed by atoms with E-state index in [1.165, 1.54) is 0 Å². The van der Waals surface area contributed by atoms with Crippen LogP contribution in [0.4, 0.5) is 11.4 Å². The summed E-state index contributed by atoms with van der Waals surface area (Å²) in [6, 6.07) is 21.0. The Balaban J connectivity index is 1.50. The van der Waals surface area contributed by atoms with Gasteiger partial charge in [0.05, 0.1) is 13.7 Å². The van der Waals surface area contributed by atoms with Crippen LogP contribution in [-0.2, 0) is 4.79 Å². The Hall–Kier alpha value is -4.46. The molecule has 1 aromatic heterocycles. The van der Waals surface area contributed by atoms with Gasteiger partial charge in [0.15, 0.2) is 6.61 Å². The van der Waals surface area contributed by atoms with Crippen molar-refractivity contribution in [3.63, 3.8) is 0 Å². The third-order valence-corrected chi connectivity index (χ3v) is 4.90. The van der Waals surface area contributed by atoms with Crippen LogP contribution in [0, 0.1) is 0 Å². The van der Waals surface area contributed by atoms with Crippen LogP contribution in [0.25, 0.3) is 11.0 Å². The van der Waals surface area contributed by atoms with Gasteiger partial charge in [-0.05, 0) is 55.5 Å². The number of fused-ring (bicyclic) bond motifs is 1. The highest BCUT2D eigenvalue weighted by Gasteiger charge is 2.22.